The van der Waals surface area contributed by atoms with Gasteiger partial charge in [-0.1, -0.05) is 12.2 Å². The first-order chi connectivity index (χ1) is 1.73. The predicted molar refractivity (Wildman–Crippen MR) is 27.7 cm³/mol. The molecule has 0 aliphatic heterocycles. The molecule has 1 radical (unpaired) electrons. The van der Waals surface area contributed by atoms with Crippen LogP contribution in [0.3, 0.4) is 0 Å². The van der Waals surface area contributed by atoms with Crippen molar-refractivity contribution in [2.75, 3.05) is 0 Å². The Labute approximate surface area is 52.7 Å². The van der Waals surface area contributed by atoms with Gasteiger partial charge in [-0.15, -0.1) is 0 Å². The molecule has 0 nitrogen and oxygen atoms in total. The first-order valence-electron chi connectivity index (χ1n) is 1.29. The van der Waals surface area contributed by atoms with Crippen molar-refractivity contribution in [1.82, 2.24) is 0 Å². The molecule has 0 fully saturated rings. The fourth-order valence-electron chi connectivity index (χ4n) is 0. The summed E-state index contributed by atoms with van der Waals surface area (Å²) in [4.78, 5) is 0. The number of hydrogen-bond acceptors (Lipinski definition) is 0. The summed E-state index contributed by atoms with van der Waals surface area (Å²) in [5.74, 6) is 0. The van der Waals surface area contributed by atoms with Crippen molar-refractivity contribution >= 4 is 26.6 Å². The SMILES string of the molecule is [CH]=C(C)C.[PoH2]. The Morgan fingerprint density at radius 2 is 1.40 bits per heavy atom. The van der Waals surface area contributed by atoms with Gasteiger partial charge in [-0.2, -0.15) is 0 Å². The van der Waals surface area contributed by atoms with E-state index < -0.39 is 0 Å². The van der Waals surface area contributed by atoms with Crippen LogP contribution in [0.1, 0.15) is 13.8 Å². The van der Waals surface area contributed by atoms with Crippen molar-refractivity contribution in [3.05, 3.63) is 12.2 Å². The average Bonchev–Trinajstić information content (AvgIpc) is 0.811. The first kappa shape index (κ1) is 9.16. The van der Waals surface area contributed by atoms with Crippen LogP contribution in [0, 0.1) is 6.58 Å². The fraction of sp³-hybridized carbons (Fsp3) is 0.500. The van der Waals surface area contributed by atoms with Gasteiger partial charge in [0.25, 0.3) is 0 Å². The van der Waals surface area contributed by atoms with Gasteiger partial charge in [0.15, 0.2) is 0 Å². The van der Waals surface area contributed by atoms with E-state index in [-0.39, 0.29) is 26.6 Å². The van der Waals surface area contributed by atoms with Gasteiger partial charge in [-0.05, 0) is 13.8 Å². The molecule has 1 heteroatoms. The molecular formula is C4H9Po. The van der Waals surface area contributed by atoms with Gasteiger partial charge < -0.3 is 0 Å². The summed E-state index contributed by atoms with van der Waals surface area (Å²) in [6.07, 6.45) is 0. The van der Waals surface area contributed by atoms with Crippen molar-refractivity contribution in [3.63, 3.8) is 0 Å². The van der Waals surface area contributed by atoms with E-state index in [9.17, 15) is 0 Å². The summed E-state index contributed by atoms with van der Waals surface area (Å²) >= 11 is 0. The molecule has 0 aromatic carbocycles. The first-order valence-corrected chi connectivity index (χ1v) is 1.29. The molecule has 31 valence electrons. The van der Waals surface area contributed by atoms with Crippen molar-refractivity contribution in [2.24, 2.45) is 0 Å². The molecule has 0 saturated heterocycles. The zero-order valence-corrected chi connectivity index (χ0v) is 7.46. The minimum absolute atomic E-state index is 0. The summed E-state index contributed by atoms with van der Waals surface area (Å²) < 4.78 is 0. The Morgan fingerprint density at radius 3 is 1.40 bits per heavy atom. The third-order valence-electron chi connectivity index (χ3n) is 0. The Morgan fingerprint density at radius 1 is 1.40 bits per heavy atom. The summed E-state index contributed by atoms with van der Waals surface area (Å²) in [5.41, 5.74) is 0.917. The van der Waals surface area contributed by atoms with Crippen molar-refractivity contribution in [3.8, 4) is 0 Å². The third-order valence-corrected chi connectivity index (χ3v) is 0. The van der Waals surface area contributed by atoms with E-state index >= 15 is 0 Å². The van der Waals surface area contributed by atoms with E-state index in [1.165, 1.54) is 0 Å². The third kappa shape index (κ3) is 79.6. The Kier molecular flexibility index (Phi) is 8.50. The van der Waals surface area contributed by atoms with E-state index in [1.807, 2.05) is 13.8 Å². The second-order valence-electron chi connectivity index (χ2n) is 1.08. The zero-order valence-electron chi connectivity index (χ0n) is 3.58. The molecule has 0 unspecified atom stereocenters. The standard InChI is InChI=1S/C4H7.Po.2H/c1-4(2)3;;;/h1H,2-3H3;;;. The van der Waals surface area contributed by atoms with Crippen LogP contribution in [0.2, 0.25) is 0 Å². The molecule has 0 spiro atoms. The molecule has 0 aromatic rings. The molecule has 0 aromatic heterocycles. The molecule has 0 atom stereocenters. The second kappa shape index (κ2) is 4.64. The second-order valence-corrected chi connectivity index (χ2v) is 1.08. The van der Waals surface area contributed by atoms with Gasteiger partial charge in [-0.3, -0.25) is 0 Å². The van der Waals surface area contributed by atoms with Crippen LogP contribution < -0.4 is 0 Å². The maximum absolute atomic E-state index is 5.03. The number of allylic oxidation sites excluding steroid dienone is 1. The van der Waals surface area contributed by atoms with E-state index in [0.717, 1.165) is 5.57 Å². The van der Waals surface area contributed by atoms with Crippen LogP contribution in [-0.2, 0) is 0 Å². The summed E-state index contributed by atoms with van der Waals surface area (Å²) in [6, 6.07) is 0. The topological polar surface area (TPSA) is 0 Å². The van der Waals surface area contributed by atoms with Crippen LogP contribution in [0.15, 0.2) is 5.57 Å². The predicted octanol–water partition coefficient (Wildman–Crippen LogP) is 0.469. The Hall–Kier alpha value is 0.636. The van der Waals surface area contributed by atoms with Crippen LogP contribution >= 0.6 is 0 Å². The Balaban J connectivity index is 0. The van der Waals surface area contributed by atoms with Crippen LogP contribution in [-0.4, -0.2) is 26.6 Å². The monoisotopic (exact) mass is 266 g/mol. The van der Waals surface area contributed by atoms with Crippen molar-refractivity contribution in [1.29, 1.82) is 0 Å². The molecule has 0 N–H and O–H groups in total. The van der Waals surface area contributed by atoms with Crippen LogP contribution in [0.5, 0.6) is 0 Å². The molecule has 5 heavy (non-hydrogen) atoms. The molecule has 0 saturated carbocycles. The molecular weight excluding hydrogens is 257 g/mol. The molecule has 0 rings (SSSR count). The molecule has 0 aliphatic carbocycles. The van der Waals surface area contributed by atoms with Gasteiger partial charge in [0.05, 0.1) is 0 Å². The minimum atomic E-state index is 0. The summed E-state index contributed by atoms with van der Waals surface area (Å²) in [7, 11) is 0. The van der Waals surface area contributed by atoms with E-state index in [4.69, 9.17) is 6.58 Å². The van der Waals surface area contributed by atoms with E-state index in [0.29, 0.717) is 0 Å². The fourth-order valence-corrected chi connectivity index (χ4v) is 0. The van der Waals surface area contributed by atoms with E-state index in [1.54, 1.807) is 0 Å². The average molecular weight is 266 g/mol. The van der Waals surface area contributed by atoms with Gasteiger partial charge in [-0.25, -0.2) is 0 Å². The van der Waals surface area contributed by atoms with E-state index in [2.05, 4.69) is 0 Å². The molecule has 0 heterocycles. The van der Waals surface area contributed by atoms with Crippen LogP contribution in [0.4, 0.5) is 0 Å². The van der Waals surface area contributed by atoms with Gasteiger partial charge in [0, 0.05) is 0 Å². The van der Waals surface area contributed by atoms with Crippen LogP contribution in [0.25, 0.3) is 0 Å². The maximum atomic E-state index is 5.03. The molecule has 0 aliphatic rings. The Bertz CT molecular complexity index is 26.6. The normalized spacial score (nSPS) is 5.20. The quantitative estimate of drug-likeness (QED) is 0.598. The van der Waals surface area contributed by atoms with Crippen molar-refractivity contribution in [2.45, 2.75) is 13.8 Å². The van der Waals surface area contributed by atoms with Gasteiger partial charge in [0.1, 0.15) is 0 Å². The molecule has 0 amide bonds. The van der Waals surface area contributed by atoms with Crippen molar-refractivity contribution < 1.29 is 0 Å². The summed E-state index contributed by atoms with van der Waals surface area (Å²) in [5, 5.41) is 0. The number of rotatable bonds is 0. The summed E-state index contributed by atoms with van der Waals surface area (Å²) in [6.45, 7) is 8.75. The van der Waals surface area contributed by atoms with Gasteiger partial charge >= 0.3 is 26.6 Å². The molecule has 0 bridgehead atoms. The zero-order chi connectivity index (χ0) is 3.58. The van der Waals surface area contributed by atoms with Gasteiger partial charge in [0.2, 0.25) is 0 Å². The number of hydrogen-bond donors (Lipinski definition) is 0.